The number of aryl methyl sites for hydroxylation is 2. The van der Waals surface area contributed by atoms with Crippen molar-refractivity contribution in [1.82, 2.24) is 5.01 Å². The van der Waals surface area contributed by atoms with Crippen LogP contribution in [-0.4, -0.2) is 16.8 Å². The second-order valence-electron chi connectivity index (χ2n) is 7.89. The van der Waals surface area contributed by atoms with Crippen LogP contribution in [0.3, 0.4) is 0 Å². The summed E-state index contributed by atoms with van der Waals surface area (Å²) in [5.41, 5.74) is 6.22. The zero-order valence-electron chi connectivity index (χ0n) is 16.7. The molecular weight excluding hydrogens is 394 g/mol. The van der Waals surface area contributed by atoms with Crippen LogP contribution >= 0.6 is 11.6 Å². The van der Waals surface area contributed by atoms with Gasteiger partial charge in [-0.1, -0.05) is 71.8 Å². The predicted molar refractivity (Wildman–Crippen MR) is 121 cm³/mol. The molecule has 1 aliphatic heterocycles. The highest BCUT2D eigenvalue weighted by molar-refractivity contribution is 6.31. The molecule has 1 heterocycles. The number of fused-ring (bicyclic) bond motifs is 3. The van der Waals surface area contributed by atoms with Gasteiger partial charge in [-0.3, -0.25) is 0 Å². The number of carbonyl (C=O) groups excluding carboxylic acids is 1. The number of carbonyl (C=O) groups is 1. The number of rotatable bonds is 2. The molecule has 4 nitrogen and oxygen atoms in total. The molecule has 150 valence electrons. The standard InChI is InChI=1S/C25H22ClN3O/c1-16-10-13-18(14-11-16)27-25(30)29-24(20-8-4-5-9-22(20)26)21-15-12-17-6-2-3-7-19(17)23(21)28-29/h2-11,13-14,21,24H,12,15H2,1H3,(H,27,30)/t21-,24-/m0/s1. The van der Waals surface area contributed by atoms with Crippen molar-refractivity contribution in [3.8, 4) is 0 Å². The van der Waals surface area contributed by atoms with Crippen molar-refractivity contribution in [2.24, 2.45) is 11.0 Å². The number of benzene rings is 3. The number of nitrogens with one attached hydrogen (secondary N) is 1. The average Bonchev–Trinajstić information content (AvgIpc) is 3.16. The molecule has 30 heavy (non-hydrogen) atoms. The molecule has 0 fully saturated rings. The van der Waals surface area contributed by atoms with Crippen molar-refractivity contribution < 1.29 is 4.79 Å². The van der Waals surface area contributed by atoms with E-state index >= 15 is 0 Å². The summed E-state index contributed by atoms with van der Waals surface area (Å²) in [7, 11) is 0. The van der Waals surface area contributed by atoms with Gasteiger partial charge in [0.05, 0.1) is 11.8 Å². The molecule has 3 aromatic rings. The van der Waals surface area contributed by atoms with Crippen molar-refractivity contribution in [2.75, 3.05) is 5.32 Å². The smallest absolute Gasteiger partial charge is 0.306 e. The number of hydrazone groups is 1. The molecule has 0 saturated heterocycles. The minimum absolute atomic E-state index is 0.114. The largest absolute Gasteiger partial charge is 0.342 e. The van der Waals surface area contributed by atoms with E-state index in [0.717, 1.165) is 40.9 Å². The van der Waals surface area contributed by atoms with E-state index in [4.69, 9.17) is 16.7 Å². The zero-order chi connectivity index (χ0) is 20.7. The fraction of sp³-hybridized carbons (Fsp3) is 0.200. The van der Waals surface area contributed by atoms with Crippen LogP contribution in [-0.2, 0) is 6.42 Å². The van der Waals surface area contributed by atoms with Crippen LogP contribution in [0.4, 0.5) is 10.5 Å². The first-order valence-electron chi connectivity index (χ1n) is 10.2. The second kappa shape index (κ2) is 7.62. The van der Waals surface area contributed by atoms with E-state index < -0.39 is 0 Å². The first-order chi connectivity index (χ1) is 14.6. The first kappa shape index (κ1) is 18.9. The summed E-state index contributed by atoms with van der Waals surface area (Å²) in [5, 5.41) is 10.1. The molecule has 0 spiro atoms. The third-order valence-corrected chi connectivity index (χ3v) is 6.31. The van der Waals surface area contributed by atoms with Crippen LogP contribution < -0.4 is 5.32 Å². The summed E-state index contributed by atoms with van der Waals surface area (Å²) in [6.45, 7) is 2.02. The third-order valence-electron chi connectivity index (χ3n) is 5.96. The van der Waals surface area contributed by atoms with E-state index in [2.05, 4.69) is 23.5 Å². The van der Waals surface area contributed by atoms with Gasteiger partial charge in [0.1, 0.15) is 0 Å². The van der Waals surface area contributed by atoms with E-state index in [1.165, 1.54) is 5.56 Å². The maximum Gasteiger partial charge on any atom is 0.342 e. The number of amides is 2. The Labute approximate surface area is 181 Å². The van der Waals surface area contributed by atoms with Crippen molar-refractivity contribution in [3.05, 3.63) is 100 Å². The van der Waals surface area contributed by atoms with Gasteiger partial charge in [0.25, 0.3) is 0 Å². The maximum atomic E-state index is 13.3. The molecular formula is C25H22ClN3O. The Morgan fingerprint density at radius 2 is 1.77 bits per heavy atom. The van der Waals surface area contributed by atoms with Crippen molar-refractivity contribution >= 4 is 29.0 Å². The van der Waals surface area contributed by atoms with Gasteiger partial charge in [0.2, 0.25) is 0 Å². The number of nitrogens with zero attached hydrogens (tertiary/aromatic N) is 2. The zero-order valence-corrected chi connectivity index (χ0v) is 17.4. The molecule has 0 aromatic heterocycles. The number of anilines is 1. The molecule has 2 aliphatic rings. The van der Waals surface area contributed by atoms with Gasteiger partial charge in [0, 0.05) is 22.2 Å². The van der Waals surface area contributed by atoms with E-state index in [1.807, 2.05) is 61.5 Å². The third kappa shape index (κ3) is 3.27. The quantitative estimate of drug-likeness (QED) is 0.531. The Bertz CT molecular complexity index is 1140. The van der Waals surface area contributed by atoms with E-state index in [0.29, 0.717) is 5.02 Å². The molecule has 2 amide bonds. The molecule has 5 heteroatoms. The van der Waals surface area contributed by atoms with Crippen LogP contribution in [0.2, 0.25) is 5.02 Å². The van der Waals surface area contributed by atoms with E-state index in [9.17, 15) is 4.79 Å². The lowest BCUT2D eigenvalue weighted by atomic mass is 9.77. The minimum Gasteiger partial charge on any atom is -0.306 e. The lowest BCUT2D eigenvalue weighted by molar-refractivity contribution is 0.188. The molecule has 3 aromatic carbocycles. The molecule has 0 bridgehead atoms. The number of hydrogen-bond acceptors (Lipinski definition) is 2. The van der Waals surface area contributed by atoms with Gasteiger partial charge >= 0.3 is 6.03 Å². The minimum atomic E-state index is -0.247. The van der Waals surface area contributed by atoms with Crippen molar-refractivity contribution in [1.29, 1.82) is 0 Å². The van der Waals surface area contributed by atoms with Crippen LogP contribution in [0.25, 0.3) is 0 Å². The molecule has 0 unspecified atom stereocenters. The predicted octanol–water partition coefficient (Wildman–Crippen LogP) is 6.20. The SMILES string of the molecule is Cc1ccc(NC(=O)N2N=C3c4ccccc4CC[C@@H]3[C@@H]2c2ccccc2Cl)cc1. The molecule has 0 saturated carbocycles. The molecule has 5 rings (SSSR count). The fourth-order valence-electron chi connectivity index (χ4n) is 4.47. The highest BCUT2D eigenvalue weighted by Crippen LogP contribution is 2.45. The second-order valence-corrected chi connectivity index (χ2v) is 8.30. The van der Waals surface area contributed by atoms with Crippen LogP contribution in [0.15, 0.2) is 77.9 Å². The first-order valence-corrected chi connectivity index (χ1v) is 10.6. The van der Waals surface area contributed by atoms with Crippen LogP contribution in [0, 0.1) is 12.8 Å². The van der Waals surface area contributed by atoms with Gasteiger partial charge in [-0.15, -0.1) is 0 Å². The molecule has 2 atom stereocenters. The molecule has 1 N–H and O–H groups in total. The summed E-state index contributed by atoms with van der Waals surface area (Å²) >= 11 is 6.57. The van der Waals surface area contributed by atoms with Gasteiger partial charge in [-0.25, -0.2) is 9.80 Å². The Balaban J connectivity index is 1.55. The van der Waals surface area contributed by atoms with Crippen LogP contribution in [0.5, 0.6) is 0 Å². The van der Waals surface area contributed by atoms with Crippen molar-refractivity contribution in [3.63, 3.8) is 0 Å². The van der Waals surface area contributed by atoms with Gasteiger partial charge in [-0.2, -0.15) is 5.10 Å². The lowest BCUT2D eigenvalue weighted by Crippen LogP contribution is -2.35. The van der Waals surface area contributed by atoms with Crippen molar-refractivity contribution in [2.45, 2.75) is 25.8 Å². The normalized spacial score (nSPS) is 19.7. The number of hydrogen-bond donors (Lipinski definition) is 1. The highest BCUT2D eigenvalue weighted by atomic mass is 35.5. The number of halogens is 1. The Hall–Kier alpha value is -3.11. The van der Waals surface area contributed by atoms with Gasteiger partial charge in [-0.05, 0) is 49.1 Å². The Morgan fingerprint density at radius 3 is 2.57 bits per heavy atom. The average molecular weight is 416 g/mol. The summed E-state index contributed by atoms with van der Waals surface area (Å²) in [5.74, 6) is 0.114. The maximum absolute atomic E-state index is 13.3. The monoisotopic (exact) mass is 415 g/mol. The van der Waals surface area contributed by atoms with Gasteiger partial charge < -0.3 is 5.32 Å². The van der Waals surface area contributed by atoms with E-state index in [-0.39, 0.29) is 18.0 Å². The highest BCUT2D eigenvalue weighted by Gasteiger charge is 2.44. The summed E-state index contributed by atoms with van der Waals surface area (Å²) in [6.07, 6.45) is 1.90. The summed E-state index contributed by atoms with van der Waals surface area (Å²) < 4.78 is 0. The lowest BCUT2D eigenvalue weighted by Gasteiger charge is -2.30. The number of urea groups is 1. The van der Waals surface area contributed by atoms with Gasteiger partial charge in [0.15, 0.2) is 0 Å². The Kier molecular flexibility index (Phi) is 4.80. The van der Waals surface area contributed by atoms with E-state index in [1.54, 1.807) is 5.01 Å². The topological polar surface area (TPSA) is 44.7 Å². The summed E-state index contributed by atoms with van der Waals surface area (Å²) in [4.78, 5) is 13.3. The molecule has 0 radical (unpaired) electrons. The van der Waals surface area contributed by atoms with Crippen LogP contribution in [0.1, 0.15) is 34.7 Å². The Morgan fingerprint density at radius 1 is 1.03 bits per heavy atom. The summed E-state index contributed by atoms with van der Waals surface area (Å²) in [6, 6.07) is 23.4. The fourth-order valence-corrected chi connectivity index (χ4v) is 4.72. The molecule has 1 aliphatic carbocycles.